The van der Waals surface area contributed by atoms with Gasteiger partial charge in [-0.1, -0.05) is 29.3 Å². The zero-order chi connectivity index (χ0) is 17.4. The van der Waals surface area contributed by atoms with Crippen LogP contribution in [0, 0.1) is 5.92 Å². The molecule has 3 fully saturated rings. The molecule has 1 aromatic carbocycles. The van der Waals surface area contributed by atoms with Gasteiger partial charge in [-0.2, -0.15) is 0 Å². The smallest absolute Gasteiger partial charge is 0.0825 e. The average Bonchev–Trinajstić information content (AvgIpc) is 2.58. The third-order valence-electron chi connectivity index (χ3n) is 6.66. The second kappa shape index (κ2) is 7.64. The third kappa shape index (κ3) is 3.66. The molecular weight excluding hydrogens is 353 g/mol. The van der Waals surface area contributed by atoms with Crippen LogP contribution in [0.25, 0.3) is 0 Å². The van der Waals surface area contributed by atoms with Crippen molar-refractivity contribution in [3.8, 4) is 0 Å². The molecule has 2 aliphatic carbocycles. The van der Waals surface area contributed by atoms with Crippen molar-refractivity contribution in [3.63, 3.8) is 0 Å². The van der Waals surface area contributed by atoms with Gasteiger partial charge in [0.1, 0.15) is 0 Å². The number of piperazine rings is 1. The van der Waals surface area contributed by atoms with E-state index in [-0.39, 0.29) is 0 Å². The molecule has 1 saturated heterocycles. The molecule has 4 rings (SSSR count). The van der Waals surface area contributed by atoms with Gasteiger partial charge < -0.3 is 10.6 Å². The van der Waals surface area contributed by atoms with Crippen LogP contribution in [0.15, 0.2) is 18.2 Å². The summed E-state index contributed by atoms with van der Waals surface area (Å²) in [6.45, 7) is 3.44. The molecule has 3 nitrogen and oxygen atoms in total. The number of hydrogen-bond donors (Lipinski definition) is 1. The number of hydrogen-bond acceptors (Lipinski definition) is 3. The molecule has 0 spiro atoms. The first-order valence-electron chi connectivity index (χ1n) is 9.84. The standard InChI is InChI=1S/C20H29Cl2N3/c21-16-2-1-3-19(20(16)22)25-13-12-24(17-8-9-18(17)25)11-10-14-4-6-15(23)7-5-14/h1-3,14-15,17-18H,4-13,23H2/t14-,15-,17?,18?. The molecule has 0 bridgehead atoms. The molecule has 0 radical (unpaired) electrons. The maximum atomic E-state index is 6.48. The van der Waals surface area contributed by atoms with E-state index in [0.717, 1.165) is 24.7 Å². The van der Waals surface area contributed by atoms with Gasteiger partial charge >= 0.3 is 0 Å². The molecule has 2 N–H and O–H groups in total. The summed E-state index contributed by atoms with van der Waals surface area (Å²) in [7, 11) is 0. The summed E-state index contributed by atoms with van der Waals surface area (Å²) >= 11 is 12.7. The topological polar surface area (TPSA) is 32.5 Å². The van der Waals surface area contributed by atoms with Crippen LogP contribution in [0.1, 0.15) is 44.9 Å². The Morgan fingerprint density at radius 2 is 1.72 bits per heavy atom. The van der Waals surface area contributed by atoms with Crippen molar-refractivity contribution < 1.29 is 0 Å². The minimum atomic E-state index is 0.457. The Morgan fingerprint density at radius 3 is 2.44 bits per heavy atom. The van der Waals surface area contributed by atoms with Gasteiger partial charge in [0, 0.05) is 31.2 Å². The van der Waals surface area contributed by atoms with Crippen molar-refractivity contribution in [3.05, 3.63) is 28.2 Å². The predicted octanol–water partition coefficient (Wildman–Crippen LogP) is 4.55. The molecule has 1 aromatic rings. The van der Waals surface area contributed by atoms with Crippen LogP contribution in [0.4, 0.5) is 5.69 Å². The van der Waals surface area contributed by atoms with Crippen LogP contribution in [0.5, 0.6) is 0 Å². The molecule has 3 aliphatic rings. The van der Waals surface area contributed by atoms with E-state index in [1.165, 1.54) is 51.5 Å². The lowest BCUT2D eigenvalue weighted by Gasteiger charge is -2.55. The molecule has 0 amide bonds. The van der Waals surface area contributed by atoms with Crippen LogP contribution in [-0.4, -0.2) is 42.7 Å². The highest BCUT2D eigenvalue weighted by Crippen LogP contribution is 2.41. The molecule has 138 valence electrons. The van der Waals surface area contributed by atoms with Crippen LogP contribution in [0.2, 0.25) is 10.0 Å². The Hall–Kier alpha value is -0.480. The normalized spacial score (nSPS) is 33.0. The monoisotopic (exact) mass is 381 g/mol. The quantitative estimate of drug-likeness (QED) is 0.829. The summed E-state index contributed by atoms with van der Waals surface area (Å²) in [5, 5.41) is 1.37. The van der Waals surface area contributed by atoms with E-state index >= 15 is 0 Å². The van der Waals surface area contributed by atoms with Crippen molar-refractivity contribution >= 4 is 28.9 Å². The fourth-order valence-corrected chi connectivity index (χ4v) is 5.34. The van der Waals surface area contributed by atoms with Crippen molar-refractivity contribution in [2.24, 2.45) is 11.7 Å². The summed E-state index contributed by atoms with van der Waals surface area (Å²) in [4.78, 5) is 5.23. The second-order valence-corrected chi connectivity index (χ2v) is 8.87. The van der Waals surface area contributed by atoms with Crippen LogP contribution in [0.3, 0.4) is 0 Å². The molecule has 0 aromatic heterocycles. The number of nitrogens with two attached hydrogens (primary N) is 1. The van der Waals surface area contributed by atoms with Gasteiger partial charge in [-0.05, 0) is 69.5 Å². The van der Waals surface area contributed by atoms with Crippen molar-refractivity contribution in [2.75, 3.05) is 24.5 Å². The summed E-state index contributed by atoms with van der Waals surface area (Å²) in [6.07, 6.45) is 9.02. The minimum Gasteiger partial charge on any atom is -0.364 e. The van der Waals surface area contributed by atoms with Crippen molar-refractivity contribution in [1.82, 2.24) is 4.90 Å². The molecule has 1 heterocycles. The van der Waals surface area contributed by atoms with Crippen molar-refractivity contribution in [2.45, 2.75) is 63.1 Å². The van der Waals surface area contributed by atoms with E-state index in [0.29, 0.717) is 28.2 Å². The van der Waals surface area contributed by atoms with E-state index in [9.17, 15) is 0 Å². The second-order valence-electron chi connectivity index (χ2n) is 8.08. The first-order chi connectivity index (χ1) is 12.1. The van der Waals surface area contributed by atoms with E-state index in [4.69, 9.17) is 28.9 Å². The van der Waals surface area contributed by atoms with Crippen LogP contribution < -0.4 is 10.6 Å². The molecule has 2 atom stereocenters. The zero-order valence-electron chi connectivity index (χ0n) is 14.8. The van der Waals surface area contributed by atoms with Gasteiger partial charge in [0.15, 0.2) is 0 Å². The molecule has 1 aliphatic heterocycles. The number of anilines is 1. The Kier molecular flexibility index (Phi) is 5.47. The van der Waals surface area contributed by atoms with E-state index in [2.05, 4.69) is 15.9 Å². The van der Waals surface area contributed by atoms with E-state index in [1.54, 1.807) is 0 Å². The summed E-state index contributed by atoms with van der Waals surface area (Å²) in [5.74, 6) is 0.888. The fourth-order valence-electron chi connectivity index (χ4n) is 4.94. The van der Waals surface area contributed by atoms with E-state index in [1.807, 2.05) is 12.1 Å². The highest BCUT2D eigenvalue weighted by Gasteiger charge is 2.43. The summed E-state index contributed by atoms with van der Waals surface area (Å²) in [5.41, 5.74) is 7.16. The first kappa shape index (κ1) is 17.9. The van der Waals surface area contributed by atoms with Gasteiger partial charge in [0.25, 0.3) is 0 Å². The third-order valence-corrected chi connectivity index (χ3v) is 7.47. The predicted molar refractivity (Wildman–Crippen MR) is 107 cm³/mol. The lowest BCUT2D eigenvalue weighted by Crippen LogP contribution is -2.65. The van der Waals surface area contributed by atoms with Crippen LogP contribution in [-0.2, 0) is 0 Å². The molecule has 2 saturated carbocycles. The summed E-state index contributed by atoms with van der Waals surface area (Å²) < 4.78 is 0. The highest BCUT2D eigenvalue weighted by molar-refractivity contribution is 6.43. The molecule has 25 heavy (non-hydrogen) atoms. The molecule has 5 heteroatoms. The number of benzene rings is 1. The lowest BCUT2D eigenvalue weighted by molar-refractivity contribution is 0.0651. The van der Waals surface area contributed by atoms with Crippen molar-refractivity contribution in [1.29, 1.82) is 0 Å². The summed E-state index contributed by atoms with van der Waals surface area (Å²) in [6, 6.07) is 7.75. The maximum Gasteiger partial charge on any atom is 0.0825 e. The molecule has 2 unspecified atom stereocenters. The SMILES string of the molecule is N[C@H]1CC[C@H](CCN2CCN(c3cccc(Cl)c3Cl)C3CCC32)CC1. The largest absolute Gasteiger partial charge is 0.364 e. The minimum absolute atomic E-state index is 0.457. The number of fused-ring (bicyclic) bond motifs is 1. The Bertz CT molecular complexity index is 601. The first-order valence-corrected chi connectivity index (χ1v) is 10.6. The number of nitrogens with zero attached hydrogens (tertiary/aromatic N) is 2. The lowest BCUT2D eigenvalue weighted by atomic mass is 9.80. The number of halogens is 2. The van der Waals surface area contributed by atoms with Gasteiger partial charge in [0.2, 0.25) is 0 Å². The van der Waals surface area contributed by atoms with Gasteiger partial charge in [-0.3, -0.25) is 4.90 Å². The van der Waals surface area contributed by atoms with Gasteiger partial charge in [-0.25, -0.2) is 0 Å². The van der Waals surface area contributed by atoms with Crippen LogP contribution >= 0.6 is 23.2 Å². The highest BCUT2D eigenvalue weighted by atomic mass is 35.5. The average molecular weight is 382 g/mol. The fraction of sp³-hybridized carbons (Fsp3) is 0.700. The Labute approximate surface area is 161 Å². The zero-order valence-corrected chi connectivity index (χ0v) is 16.4. The Balaban J connectivity index is 1.36. The van der Waals surface area contributed by atoms with E-state index < -0.39 is 0 Å². The van der Waals surface area contributed by atoms with Gasteiger partial charge in [0.05, 0.1) is 15.7 Å². The Morgan fingerprint density at radius 1 is 0.960 bits per heavy atom. The van der Waals surface area contributed by atoms with Gasteiger partial charge in [-0.15, -0.1) is 0 Å². The molecular formula is C20H29Cl2N3. The number of rotatable bonds is 4. The maximum absolute atomic E-state index is 6.48.